The summed E-state index contributed by atoms with van der Waals surface area (Å²) < 4.78 is 4.45. The van der Waals surface area contributed by atoms with Crippen LogP contribution in [0, 0.1) is 0 Å². The Morgan fingerprint density at radius 3 is 2.82 bits per heavy atom. The average Bonchev–Trinajstić information content (AvgIpc) is 2.89. The lowest BCUT2D eigenvalue weighted by molar-refractivity contribution is 0.681. The van der Waals surface area contributed by atoms with Crippen molar-refractivity contribution in [3.8, 4) is 11.4 Å². The number of benzene rings is 1. The Hall–Kier alpha value is -0.0800. The Kier molecular flexibility index (Phi) is 3.45. The Balaban J connectivity index is 1.98. The van der Waals surface area contributed by atoms with Gasteiger partial charge in [0.2, 0.25) is 0 Å². The summed E-state index contributed by atoms with van der Waals surface area (Å²) in [5.41, 5.74) is 1.13. The van der Waals surface area contributed by atoms with E-state index < -0.39 is 0 Å². The zero-order valence-corrected chi connectivity index (χ0v) is 13.4. The van der Waals surface area contributed by atoms with E-state index >= 15 is 0 Å². The van der Waals surface area contributed by atoms with Gasteiger partial charge in [0.05, 0.1) is 0 Å². The summed E-state index contributed by atoms with van der Waals surface area (Å²) in [6.07, 6.45) is 0. The molecular formula is C11H9BrIN3S. The van der Waals surface area contributed by atoms with Gasteiger partial charge in [0, 0.05) is 26.3 Å². The minimum atomic E-state index is 0.635. The van der Waals surface area contributed by atoms with Crippen molar-refractivity contribution in [3.63, 3.8) is 0 Å². The lowest BCUT2D eigenvalue weighted by atomic mass is 10.2. The van der Waals surface area contributed by atoms with Crippen LogP contribution in [0.3, 0.4) is 0 Å². The zero-order chi connectivity index (χ0) is 11.8. The maximum Gasteiger partial charge on any atom is 0.191 e. The fourth-order valence-electron chi connectivity index (χ4n) is 1.82. The van der Waals surface area contributed by atoms with Crippen molar-refractivity contribution in [3.05, 3.63) is 28.7 Å². The van der Waals surface area contributed by atoms with E-state index in [-0.39, 0.29) is 0 Å². The van der Waals surface area contributed by atoms with Crippen molar-refractivity contribution in [1.82, 2.24) is 14.8 Å². The van der Waals surface area contributed by atoms with Gasteiger partial charge in [-0.3, -0.25) is 0 Å². The molecule has 0 aliphatic carbocycles. The number of fused-ring (bicyclic) bond motifs is 1. The van der Waals surface area contributed by atoms with E-state index in [4.69, 9.17) is 0 Å². The highest BCUT2D eigenvalue weighted by atomic mass is 127. The predicted molar refractivity (Wildman–Crippen MR) is 81.7 cm³/mol. The van der Waals surface area contributed by atoms with Crippen molar-refractivity contribution in [2.75, 3.05) is 4.43 Å². The van der Waals surface area contributed by atoms with Crippen LogP contribution in [-0.2, 0) is 6.54 Å². The van der Waals surface area contributed by atoms with E-state index in [1.807, 2.05) is 23.9 Å². The molecule has 0 bridgehead atoms. The third-order valence-corrected chi connectivity index (χ3v) is 6.00. The highest BCUT2D eigenvalue weighted by molar-refractivity contribution is 14.1. The second-order valence-corrected chi connectivity index (χ2v) is 6.88. The summed E-state index contributed by atoms with van der Waals surface area (Å²) in [5.74, 6) is 0.979. The SMILES string of the molecule is Brc1ccc(-c2nnc3n2CC(CI)S3)cc1. The molecule has 0 saturated carbocycles. The highest BCUT2D eigenvalue weighted by Gasteiger charge is 2.26. The largest absolute Gasteiger partial charge is 0.301 e. The molecule has 2 heterocycles. The van der Waals surface area contributed by atoms with Gasteiger partial charge in [-0.25, -0.2) is 0 Å². The lowest BCUT2D eigenvalue weighted by Gasteiger charge is -2.05. The van der Waals surface area contributed by atoms with Gasteiger partial charge < -0.3 is 4.57 Å². The van der Waals surface area contributed by atoms with Gasteiger partial charge in [-0.2, -0.15) is 0 Å². The molecule has 88 valence electrons. The van der Waals surface area contributed by atoms with Gasteiger partial charge in [-0.15, -0.1) is 10.2 Å². The molecule has 17 heavy (non-hydrogen) atoms. The fraction of sp³-hybridized carbons (Fsp3) is 0.273. The quantitative estimate of drug-likeness (QED) is 0.548. The van der Waals surface area contributed by atoms with Crippen molar-refractivity contribution in [1.29, 1.82) is 0 Å². The van der Waals surface area contributed by atoms with Crippen LogP contribution >= 0.6 is 50.3 Å². The van der Waals surface area contributed by atoms with Crippen molar-refractivity contribution in [2.45, 2.75) is 17.0 Å². The molecule has 1 aliphatic heterocycles. The molecule has 0 amide bonds. The minimum absolute atomic E-state index is 0.635. The topological polar surface area (TPSA) is 30.7 Å². The van der Waals surface area contributed by atoms with Gasteiger partial charge in [-0.1, -0.05) is 62.4 Å². The van der Waals surface area contributed by atoms with E-state index in [1.54, 1.807) is 0 Å². The summed E-state index contributed by atoms with van der Waals surface area (Å²) in [6, 6.07) is 8.22. The summed E-state index contributed by atoms with van der Waals surface area (Å²) in [4.78, 5) is 0. The van der Waals surface area contributed by atoms with Crippen LogP contribution < -0.4 is 0 Å². The second-order valence-electron chi connectivity index (χ2n) is 3.82. The molecule has 0 N–H and O–H groups in total. The molecule has 1 unspecified atom stereocenters. The number of nitrogens with zero attached hydrogens (tertiary/aromatic N) is 3. The van der Waals surface area contributed by atoms with Gasteiger partial charge in [0.1, 0.15) is 0 Å². The Bertz CT molecular complexity index is 540. The number of halogens is 2. The molecule has 1 aliphatic rings. The van der Waals surface area contributed by atoms with E-state index in [0.29, 0.717) is 5.25 Å². The number of hydrogen-bond donors (Lipinski definition) is 0. The molecule has 2 aromatic rings. The third kappa shape index (κ3) is 2.26. The Labute approximate surface area is 126 Å². The summed E-state index contributed by atoms with van der Waals surface area (Å²) >= 11 is 7.70. The molecule has 3 rings (SSSR count). The molecule has 0 saturated heterocycles. The predicted octanol–water partition coefficient (Wildman–Crippen LogP) is 3.62. The van der Waals surface area contributed by atoms with Crippen LogP contribution in [0.5, 0.6) is 0 Å². The van der Waals surface area contributed by atoms with E-state index in [9.17, 15) is 0 Å². The van der Waals surface area contributed by atoms with Crippen LogP contribution in [0.15, 0.2) is 33.9 Å². The standard InChI is InChI=1S/C11H9BrIN3S/c12-8-3-1-7(2-4-8)10-14-15-11-16(10)6-9(5-13)17-11/h1-4,9H,5-6H2. The number of rotatable bonds is 2. The number of thioether (sulfide) groups is 1. The van der Waals surface area contributed by atoms with Gasteiger partial charge >= 0.3 is 0 Å². The maximum absolute atomic E-state index is 4.28. The van der Waals surface area contributed by atoms with Crippen molar-refractivity contribution < 1.29 is 0 Å². The van der Waals surface area contributed by atoms with E-state index in [2.05, 4.69) is 65.4 Å². The first-order valence-corrected chi connectivity index (χ1v) is 8.39. The van der Waals surface area contributed by atoms with E-state index in [1.165, 1.54) is 0 Å². The number of aromatic nitrogens is 3. The normalized spacial score (nSPS) is 18.4. The maximum atomic E-state index is 4.28. The molecule has 0 fully saturated rings. The van der Waals surface area contributed by atoms with Crippen LogP contribution in [0.25, 0.3) is 11.4 Å². The molecule has 0 spiro atoms. The van der Waals surface area contributed by atoms with Crippen molar-refractivity contribution >= 4 is 50.3 Å². The molecule has 3 nitrogen and oxygen atoms in total. The highest BCUT2D eigenvalue weighted by Crippen LogP contribution is 2.35. The molecular weight excluding hydrogens is 413 g/mol. The molecule has 6 heteroatoms. The summed E-state index contributed by atoms with van der Waals surface area (Å²) in [6.45, 7) is 1.02. The monoisotopic (exact) mass is 421 g/mol. The van der Waals surface area contributed by atoms with Gasteiger partial charge in [0.25, 0.3) is 0 Å². The Morgan fingerprint density at radius 2 is 2.12 bits per heavy atom. The number of alkyl halides is 1. The molecule has 1 aromatic heterocycles. The van der Waals surface area contributed by atoms with Crippen LogP contribution in [0.2, 0.25) is 0 Å². The molecule has 1 aromatic carbocycles. The van der Waals surface area contributed by atoms with Crippen LogP contribution in [0.1, 0.15) is 0 Å². The first-order valence-electron chi connectivity index (χ1n) is 5.19. The first kappa shape index (κ1) is 12.0. The average molecular weight is 422 g/mol. The Morgan fingerprint density at radius 1 is 1.35 bits per heavy atom. The third-order valence-electron chi connectivity index (χ3n) is 2.65. The smallest absolute Gasteiger partial charge is 0.191 e. The lowest BCUT2D eigenvalue weighted by Crippen LogP contribution is -2.07. The summed E-state index contributed by atoms with van der Waals surface area (Å²) in [7, 11) is 0. The van der Waals surface area contributed by atoms with Gasteiger partial charge in [-0.05, 0) is 12.1 Å². The van der Waals surface area contributed by atoms with Gasteiger partial charge in [0.15, 0.2) is 11.0 Å². The van der Waals surface area contributed by atoms with E-state index in [0.717, 1.165) is 32.0 Å². The second kappa shape index (κ2) is 4.89. The number of hydrogen-bond acceptors (Lipinski definition) is 3. The molecule has 1 atom stereocenters. The summed E-state index contributed by atoms with van der Waals surface area (Å²) in [5, 5.41) is 10.2. The van der Waals surface area contributed by atoms with Crippen LogP contribution in [-0.4, -0.2) is 24.4 Å². The first-order chi connectivity index (χ1) is 8.28. The minimum Gasteiger partial charge on any atom is -0.301 e. The molecule has 0 radical (unpaired) electrons. The fourth-order valence-corrected chi connectivity index (χ4v) is 3.87. The van der Waals surface area contributed by atoms with Crippen LogP contribution in [0.4, 0.5) is 0 Å². The van der Waals surface area contributed by atoms with Crippen molar-refractivity contribution in [2.24, 2.45) is 0 Å². The zero-order valence-electron chi connectivity index (χ0n) is 8.81.